The number of ether oxygens (including phenoxy) is 3. The molecule has 2 aromatic carbocycles. The number of rotatable bonds is 7. The Kier molecular flexibility index (Phi) is 6.33. The highest BCUT2D eigenvalue weighted by Gasteiger charge is 2.14. The summed E-state index contributed by atoms with van der Waals surface area (Å²) in [7, 11) is 3.08. The number of hydrogen-bond donors (Lipinski definition) is 1. The number of nitrogens with one attached hydrogen (secondary N) is 1. The van der Waals surface area contributed by atoms with E-state index in [9.17, 15) is 0 Å². The fraction of sp³-hybridized carbons (Fsp3) is 0.211. The van der Waals surface area contributed by atoms with Gasteiger partial charge in [-0.2, -0.15) is 14.9 Å². The van der Waals surface area contributed by atoms with Gasteiger partial charge in [0.05, 0.1) is 37.6 Å². The van der Waals surface area contributed by atoms with E-state index in [1.165, 1.54) is 11.8 Å². The third kappa shape index (κ3) is 4.02. The fourth-order valence-electron chi connectivity index (χ4n) is 2.64. The Balaban J connectivity index is 2.03. The van der Waals surface area contributed by atoms with Crippen molar-refractivity contribution < 1.29 is 14.2 Å². The summed E-state index contributed by atoms with van der Waals surface area (Å²) in [5.74, 6) is 2.21. The number of hydrogen-bond acceptors (Lipinski definition) is 6. The first-order chi connectivity index (χ1) is 13.6. The van der Waals surface area contributed by atoms with Gasteiger partial charge in [-0.1, -0.05) is 23.7 Å². The minimum absolute atomic E-state index is 0.351. The van der Waals surface area contributed by atoms with Crippen molar-refractivity contribution in [1.82, 2.24) is 14.9 Å². The minimum Gasteiger partial charge on any atom is -0.493 e. The van der Waals surface area contributed by atoms with Crippen molar-refractivity contribution in [1.29, 1.82) is 0 Å². The van der Waals surface area contributed by atoms with Crippen molar-refractivity contribution in [2.24, 2.45) is 5.10 Å². The first kappa shape index (κ1) is 19.9. The standard InChI is InChI=1S/C19H19ClN4O3S/c1-4-27-15-8-6-5-7-13(15)18-22-23-19(28)24(18)21-11-12-9-14(20)17(26-3)16(10-12)25-2/h5-11H,4H2,1-3H3,(H,23,28)/b21-11-. The highest BCUT2D eigenvalue weighted by Crippen LogP contribution is 2.35. The van der Waals surface area contributed by atoms with Crippen LogP contribution >= 0.6 is 23.8 Å². The van der Waals surface area contributed by atoms with Gasteiger partial charge in [0.15, 0.2) is 17.3 Å². The lowest BCUT2D eigenvalue weighted by Crippen LogP contribution is -1.99. The Morgan fingerprint density at radius 2 is 2.00 bits per heavy atom. The lowest BCUT2D eigenvalue weighted by molar-refractivity contribution is 0.341. The van der Waals surface area contributed by atoms with E-state index in [1.54, 1.807) is 25.5 Å². The largest absolute Gasteiger partial charge is 0.493 e. The Labute approximate surface area is 172 Å². The summed E-state index contributed by atoms with van der Waals surface area (Å²) in [6.45, 7) is 2.46. The zero-order chi connectivity index (χ0) is 20.1. The van der Waals surface area contributed by atoms with Gasteiger partial charge in [-0.3, -0.25) is 0 Å². The van der Waals surface area contributed by atoms with Crippen LogP contribution in [0, 0.1) is 4.77 Å². The zero-order valence-electron chi connectivity index (χ0n) is 15.6. The molecule has 0 radical (unpaired) electrons. The normalized spacial score (nSPS) is 11.0. The van der Waals surface area contributed by atoms with Crippen LogP contribution in [-0.2, 0) is 0 Å². The van der Waals surface area contributed by atoms with Crippen molar-refractivity contribution in [2.75, 3.05) is 20.8 Å². The Hall–Kier alpha value is -2.84. The second-order valence-electron chi connectivity index (χ2n) is 5.58. The van der Waals surface area contributed by atoms with Crippen molar-refractivity contribution in [3.05, 3.63) is 51.8 Å². The van der Waals surface area contributed by atoms with E-state index in [4.69, 9.17) is 38.0 Å². The van der Waals surface area contributed by atoms with Crippen LogP contribution < -0.4 is 14.2 Å². The summed E-state index contributed by atoms with van der Waals surface area (Å²) in [4.78, 5) is 0. The lowest BCUT2D eigenvalue weighted by atomic mass is 10.2. The number of benzene rings is 2. The Morgan fingerprint density at radius 3 is 2.71 bits per heavy atom. The molecule has 0 fully saturated rings. The quantitative estimate of drug-likeness (QED) is 0.449. The maximum Gasteiger partial charge on any atom is 0.216 e. The molecule has 1 heterocycles. The van der Waals surface area contributed by atoms with Crippen LogP contribution in [0.1, 0.15) is 12.5 Å². The van der Waals surface area contributed by atoms with E-state index in [2.05, 4.69) is 15.3 Å². The second-order valence-corrected chi connectivity index (χ2v) is 6.37. The molecular weight excluding hydrogens is 400 g/mol. The molecule has 0 spiro atoms. The molecule has 0 amide bonds. The van der Waals surface area contributed by atoms with E-state index in [0.717, 1.165) is 11.1 Å². The fourth-order valence-corrected chi connectivity index (χ4v) is 3.12. The molecule has 3 rings (SSSR count). The van der Waals surface area contributed by atoms with Gasteiger partial charge in [-0.25, -0.2) is 5.10 Å². The van der Waals surface area contributed by atoms with Gasteiger partial charge in [-0.15, -0.1) is 0 Å². The maximum absolute atomic E-state index is 6.26. The van der Waals surface area contributed by atoms with Crippen LogP contribution in [0.4, 0.5) is 0 Å². The summed E-state index contributed by atoms with van der Waals surface area (Å²) < 4.78 is 18.1. The van der Waals surface area contributed by atoms with Crippen LogP contribution in [-0.4, -0.2) is 41.9 Å². The van der Waals surface area contributed by atoms with E-state index in [-0.39, 0.29) is 0 Å². The van der Waals surface area contributed by atoms with Crippen molar-refractivity contribution in [3.8, 4) is 28.6 Å². The number of aromatic amines is 1. The molecule has 7 nitrogen and oxygen atoms in total. The first-order valence-corrected chi connectivity index (χ1v) is 9.23. The average molecular weight is 419 g/mol. The monoisotopic (exact) mass is 418 g/mol. The van der Waals surface area contributed by atoms with Crippen molar-refractivity contribution >= 4 is 30.0 Å². The van der Waals surface area contributed by atoms with Gasteiger partial charge in [0.25, 0.3) is 0 Å². The average Bonchev–Trinajstić information content (AvgIpc) is 3.06. The lowest BCUT2D eigenvalue weighted by Gasteiger charge is -2.10. The number of halogens is 1. The molecule has 0 saturated heterocycles. The summed E-state index contributed by atoms with van der Waals surface area (Å²) in [6.07, 6.45) is 1.62. The predicted molar refractivity (Wildman–Crippen MR) is 112 cm³/mol. The number of aromatic nitrogens is 3. The summed E-state index contributed by atoms with van der Waals surface area (Å²) in [6, 6.07) is 11.1. The van der Waals surface area contributed by atoms with Gasteiger partial charge in [0, 0.05) is 0 Å². The third-order valence-electron chi connectivity index (χ3n) is 3.86. The molecule has 3 aromatic rings. The molecule has 146 valence electrons. The molecule has 1 aromatic heterocycles. The first-order valence-electron chi connectivity index (χ1n) is 8.44. The molecule has 0 unspecified atom stereocenters. The molecule has 9 heteroatoms. The number of nitrogens with zero attached hydrogens (tertiary/aromatic N) is 3. The third-order valence-corrected chi connectivity index (χ3v) is 4.40. The molecule has 0 bridgehead atoms. The number of H-pyrrole nitrogens is 1. The predicted octanol–water partition coefficient (Wildman–Crippen LogP) is 4.56. The van der Waals surface area contributed by atoms with E-state index in [1.807, 2.05) is 31.2 Å². The number of methoxy groups -OCH3 is 2. The molecule has 0 saturated carbocycles. The molecule has 0 aliphatic carbocycles. The topological polar surface area (TPSA) is 73.7 Å². The van der Waals surface area contributed by atoms with Crippen molar-refractivity contribution in [2.45, 2.75) is 6.92 Å². The smallest absolute Gasteiger partial charge is 0.216 e. The second kappa shape index (κ2) is 8.90. The van der Waals surface area contributed by atoms with Gasteiger partial charge in [-0.05, 0) is 49.0 Å². The summed E-state index contributed by atoms with van der Waals surface area (Å²) >= 11 is 11.6. The summed E-state index contributed by atoms with van der Waals surface area (Å²) in [5, 5.41) is 12.0. The van der Waals surface area contributed by atoms with Crippen LogP contribution in [0.5, 0.6) is 17.2 Å². The molecule has 28 heavy (non-hydrogen) atoms. The zero-order valence-corrected chi connectivity index (χ0v) is 17.2. The number of para-hydroxylation sites is 1. The molecule has 1 N–H and O–H groups in total. The highest BCUT2D eigenvalue weighted by atomic mass is 35.5. The van der Waals surface area contributed by atoms with Crippen molar-refractivity contribution in [3.63, 3.8) is 0 Å². The molecule has 0 atom stereocenters. The highest BCUT2D eigenvalue weighted by molar-refractivity contribution is 7.71. The van der Waals surface area contributed by atoms with E-state index >= 15 is 0 Å². The van der Waals surface area contributed by atoms with Crippen LogP contribution in [0.25, 0.3) is 11.4 Å². The molecule has 0 aliphatic heterocycles. The van der Waals surface area contributed by atoms with E-state index < -0.39 is 0 Å². The van der Waals surface area contributed by atoms with Crippen LogP contribution in [0.2, 0.25) is 5.02 Å². The summed E-state index contributed by atoms with van der Waals surface area (Å²) in [5.41, 5.74) is 1.49. The molecular formula is C19H19ClN4O3S. The van der Waals surface area contributed by atoms with Gasteiger partial charge >= 0.3 is 0 Å². The SMILES string of the molecule is CCOc1ccccc1-c1n[nH]c(=S)n1/N=C\c1cc(Cl)c(OC)c(OC)c1. The Morgan fingerprint density at radius 1 is 1.21 bits per heavy atom. The minimum atomic E-state index is 0.351. The van der Waals surface area contributed by atoms with E-state index in [0.29, 0.717) is 39.5 Å². The van der Waals surface area contributed by atoms with Crippen LogP contribution in [0.15, 0.2) is 41.5 Å². The van der Waals surface area contributed by atoms with Gasteiger partial charge in [0.1, 0.15) is 5.75 Å². The van der Waals surface area contributed by atoms with Gasteiger partial charge < -0.3 is 14.2 Å². The van der Waals surface area contributed by atoms with Crippen LogP contribution in [0.3, 0.4) is 0 Å². The van der Waals surface area contributed by atoms with Gasteiger partial charge in [0.2, 0.25) is 4.77 Å². The Bertz CT molecular complexity index is 1060. The molecule has 0 aliphatic rings. The maximum atomic E-state index is 6.26.